The van der Waals surface area contributed by atoms with Crippen molar-refractivity contribution in [2.24, 2.45) is 0 Å². The molecule has 1 fully saturated rings. The highest BCUT2D eigenvalue weighted by molar-refractivity contribution is 5.95. The summed E-state index contributed by atoms with van der Waals surface area (Å²) in [6, 6.07) is 9.31. The third-order valence-corrected chi connectivity index (χ3v) is 4.31. The number of aromatic nitrogens is 1. The standard InChI is InChI=1S/C20H18FN3O3/c1-14-18(19(25)23-9-11-24(12-10-23)20(26)27)8-7-17(22-14)6-5-15-3-2-4-16(21)13-15/h2-4,7-8,13H,9-12H2,1H3,(H,26,27). The maximum atomic E-state index is 13.2. The van der Waals surface area contributed by atoms with Crippen LogP contribution in [0, 0.1) is 24.6 Å². The highest BCUT2D eigenvalue weighted by Gasteiger charge is 2.25. The lowest BCUT2D eigenvalue weighted by molar-refractivity contribution is 0.0623. The number of amides is 2. The van der Waals surface area contributed by atoms with Crippen molar-refractivity contribution in [3.8, 4) is 11.8 Å². The fourth-order valence-corrected chi connectivity index (χ4v) is 2.83. The van der Waals surface area contributed by atoms with Crippen LogP contribution in [0.2, 0.25) is 0 Å². The van der Waals surface area contributed by atoms with Gasteiger partial charge in [-0.2, -0.15) is 0 Å². The molecular formula is C20H18FN3O3. The SMILES string of the molecule is Cc1nc(C#Cc2cccc(F)c2)ccc1C(=O)N1CCN(C(=O)O)CC1. The lowest BCUT2D eigenvalue weighted by atomic mass is 10.1. The molecule has 0 saturated carbocycles. The fourth-order valence-electron chi connectivity index (χ4n) is 2.83. The molecule has 1 aromatic heterocycles. The van der Waals surface area contributed by atoms with Crippen LogP contribution in [0.1, 0.15) is 27.3 Å². The lowest BCUT2D eigenvalue weighted by Gasteiger charge is -2.33. The molecule has 0 aliphatic carbocycles. The minimum atomic E-state index is -0.971. The van der Waals surface area contributed by atoms with E-state index in [1.165, 1.54) is 17.0 Å². The van der Waals surface area contributed by atoms with Crippen molar-refractivity contribution in [2.75, 3.05) is 26.2 Å². The number of pyridine rings is 1. The summed E-state index contributed by atoms with van der Waals surface area (Å²) in [4.78, 5) is 30.9. The van der Waals surface area contributed by atoms with Gasteiger partial charge >= 0.3 is 6.09 Å². The number of halogens is 1. The molecule has 0 radical (unpaired) electrons. The molecule has 1 aromatic carbocycles. The first-order chi connectivity index (χ1) is 12.9. The van der Waals surface area contributed by atoms with E-state index in [-0.39, 0.29) is 11.7 Å². The summed E-state index contributed by atoms with van der Waals surface area (Å²) >= 11 is 0. The monoisotopic (exact) mass is 367 g/mol. The molecule has 27 heavy (non-hydrogen) atoms. The van der Waals surface area contributed by atoms with Crippen LogP contribution in [0.3, 0.4) is 0 Å². The first-order valence-corrected chi connectivity index (χ1v) is 8.46. The summed E-state index contributed by atoms with van der Waals surface area (Å²) in [5.41, 5.74) is 2.05. The number of nitrogens with zero attached hydrogens (tertiary/aromatic N) is 3. The van der Waals surface area contributed by atoms with Crippen LogP contribution in [0.5, 0.6) is 0 Å². The number of hydrogen-bond donors (Lipinski definition) is 1. The van der Waals surface area contributed by atoms with Crippen LogP contribution in [0.15, 0.2) is 36.4 Å². The van der Waals surface area contributed by atoms with Crippen molar-refractivity contribution in [2.45, 2.75) is 6.92 Å². The average Bonchev–Trinajstić information content (AvgIpc) is 2.66. The molecule has 7 heteroatoms. The van der Waals surface area contributed by atoms with Gasteiger partial charge in [-0.15, -0.1) is 0 Å². The van der Waals surface area contributed by atoms with Gasteiger partial charge in [-0.25, -0.2) is 14.2 Å². The van der Waals surface area contributed by atoms with E-state index in [2.05, 4.69) is 16.8 Å². The quantitative estimate of drug-likeness (QED) is 0.786. The van der Waals surface area contributed by atoms with E-state index in [0.29, 0.717) is 48.7 Å². The number of carbonyl (C=O) groups excluding carboxylic acids is 1. The van der Waals surface area contributed by atoms with Crippen LogP contribution in [-0.4, -0.2) is 58.1 Å². The number of hydrogen-bond acceptors (Lipinski definition) is 3. The van der Waals surface area contributed by atoms with E-state index in [1.807, 2.05) is 0 Å². The van der Waals surface area contributed by atoms with Crippen molar-refractivity contribution in [1.82, 2.24) is 14.8 Å². The molecule has 1 aliphatic heterocycles. The van der Waals surface area contributed by atoms with Gasteiger partial charge in [-0.1, -0.05) is 12.0 Å². The highest BCUT2D eigenvalue weighted by Crippen LogP contribution is 2.13. The van der Waals surface area contributed by atoms with Gasteiger partial charge in [0.2, 0.25) is 0 Å². The van der Waals surface area contributed by atoms with Crippen molar-refractivity contribution in [3.63, 3.8) is 0 Å². The molecule has 138 valence electrons. The number of carbonyl (C=O) groups is 2. The topological polar surface area (TPSA) is 73.7 Å². The summed E-state index contributed by atoms with van der Waals surface area (Å²) in [7, 11) is 0. The Kier molecular flexibility index (Phi) is 5.36. The van der Waals surface area contributed by atoms with E-state index in [0.717, 1.165) is 0 Å². The van der Waals surface area contributed by atoms with Crippen molar-refractivity contribution in [3.05, 3.63) is 64.7 Å². The maximum absolute atomic E-state index is 13.2. The summed E-state index contributed by atoms with van der Waals surface area (Å²) in [5, 5.41) is 8.98. The number of carboxylic acid groups (broad SMARTS) is 1. The third kappa shape index (κ3) is 4.42. The second kappa shape index (κ2) is 7.87. The van der Waals surface area contributed by atoms with Gasteiger partial charge in [-0.05, 0) is 43.2 Å². The number of rotatable bonds is 1. The minimum Gasteiger partial charge on any atom is -0.465 e. The maximum Gasteiger partial charge on any atom is 0.407 e. The van der Waals surface area contributed by atoms with Gasteiger partial charge in [-0.3, -0.25) is 4.79 Å². The summed E-state index contributed by atoms with van der Waals surface area (Å²) < 4.78 is 13.2. The molecule has 0 bridgehead atoms. The normalized spacial score (nSPS) is 13.7. The summed E-state index contributed by atoms with van der Waals surface area (Å²) in [6.45, 7) is 3.03. The van der Waals surface area contributed by atoms with E-state index >= 15 is 0 Å². The zero-order chi connectivity index (χ0) is 19.4. The Bertz CT molecular complexity index is 941. The van der Waals surface area contributed by atoms with Crippen LogP contribution in [0.4, 0.5) is 9.18 Å². The molecule has 0 spiro atoms. The van der Waals surface area contributed by atoms with E-state index in [4.69, 9.17) is 5.11 Å². The van der Waals surface area contributed by atoms with Crippen LogP contribution >= 0.6 is 0 Å². The van der Waals surface area contributed by atoms with Crippen molar-refractivity contribution >= 4 is 12.0 Å². The van der Waals surface area contributed by atoms with Crippen molar-refractivity contribution in [1.29, 1.82) is 0 Å². The summed E-state index contributed by atoms with van der Waals surface area (Å²) in [6.07, 6.45) is -0.971. The Balaban J connectivity index is 1.72. The Hall–Kier alpha value is -3.40. The fraction of sp³-hybridized carbons (Fsp3) is 0.250. The van der Waals surface area contributed by atoms with Crippen LogP contribution < -0.4 is 0 Å². The molecule has 1 saturated heterocycles. The zero-order valence-electron chi connectivity index (χ0n) is 14.8. The zero-order valence-corrected chi connectivity index (χ0v) is 14.8. The van der Waals surface area contributed by atoms with Gasteiger partial charge in [0.25, 0.3) is 5.91 Å². The van der Waals surface area contributed by atoms with Crippen LogP contribution in [0.25, 0.3) is 0 Å². The van der Waals surface area contributed by atoms with E-state index in [9.17, 15) is 14.0 Å². The largest absolute Gasteiger partial charge is 0.465 e. The first kappa shape index (κ1) is 18.4. The second-order valence-corrected chi connectivity index (χ2v) is 6.15. The third-order valence-electron chi connectivity index (χ3n) is 4.31. The Morgan fingerprint density at radius 1 is 1.07 bits per heavy atom. The molecule has 0 atom stereocenters. The van der Waals surface area contributed by atoms with E-state index < -0.39 is 6.09 Å². The molecule has 6 nitrogen and oxygen atoms in total. The highest BCUT2D eigenvalue weighted by atomic mass is 19.1. The number of aryl methyl sites for hydroxylation is 1. The molecule has 1 aliphatic rings. The Morgan fingerprint density at radius 2 is 1.78 bits per heavy atom. The smallest absolute Gasteiger partial charge is 0.407 e. The van der Waals surface area contributed by atoms with Gasteiger partial charge in [0, 0.05) is 31.7 Å². The van der Waals surface area contributed by atoms with E-state index in [1.54, 1.807) is 36.1 Å². The second-order valence-electron chi connectivity index (χ2n) is 6.15. The number of benzene rings is 1. The predicted octanol–water partition coefficient (Wildman–Crippen LogP) is 2.36. The van der Waals surface area contributed by atoms with Gasteiger partial charge < -0.3 is 14.9 Å². The van der Waals surface area contributed by atoms with Gasteiger partial charge in [0.05, 0.1) is 11.3 Å². The summed E-state index contributed by atoms with van der Waals surface area (Å²) in [5.74, 6) is 5.19. The Morgan fingerprint density at radius 3 is 2.41 bits per heavy atom. The molecule has 2 heterocycles. The predicted molar refractivity (Wildman–Crippen MR) is 96.9 cm³/mol. The first-order valence-electron chi connectivity index (χ1n) is 8.46. The van der Waals surface area contributed by atoms with Crippen LogP contribution in [-0.2, 0) is 0 Å². The number of piperazine rings is 1. The lowest BCUT2D eigenvalue weighted by Crippen LogP contribution is -2.50. The Labute approximate surface area is 156 Å². The van der Waals surface area contributed by atoms with Gasteiger partial charge in [0.15, 0.2) is 0 Å². The van der Waals surface area contributed by atoms with Crippen molar-refractivity contribution < 1.29 is 19.1 Å². The molecule has 3 rings (SSSR count). The molecular weight excluding hydrogens is 349 g/mol. The van der Waals surface area contributed by atoms with Gasteiger partial charge in [0.1, 0.15) is 11.5 Å². The molecule has 2 aromatic rings. The average molecular weight is 367 g/mol. The minimum absolute atomic E-state index is 0.172. The molecule has 2 amide bonds. The molecule has 1 N–H and O–H groups in total. The molecule has 0 unspecified atom stereocenters.